The first-order valence-corrected chi connectivity index (χ1v) is 8.29. The summed E-state index contributed by atoms with van der Waals surface area (Å²) in [7, 11) is -0.628. The normalized spacial score (nSPS) is 32.8. The summed E-state index contributed by atoms with van der Waals surface area (Å²) in [6, 6.07) is 0.615. The standard InChI is InChI=1S/C13H25NO2S/c1-2-7-14-11-3-4-13(10-11)17(15)12-5-8-16-9-6-12/h11-14H,2-10H2,1H3. The molecule has 1 aliphatic heterocycles. The van der Waals surface area contributed by atoms with Gasteiger partial charge in [-0.3, -0.25) is 4.21 Å². The van der Waals surface area contributed by atoms with E-state index in [1.165, 1.54) is 12.8 Å². The summed E-state index contributed by atoms with van der Waals surface area (Å²) in [5, 5.41) is 4.40. The molecule has 0 aromatic carbocycles. The molecule has 1 N–H and O–H groups in total. The van der Waals surface area contributed by atoms with Gasteiger partial charge in [-0.05, 0) is 45.1 Å². The minimum atomic E-state index is -0.628. The van der Waals surface area contributed by atoms with E-state index in [4.69, 9.17) is 4.74 Å². The number of rotatable bonds is 5. The van der Waals surface area contributed by atoms with E-state index in [1.54, 1.807) is 0 Å². The molecule has 0 aromatic rings. The van der Waals surface area contributed by atoms with Gasteiger partial charge in [-0.15, -0.1) is 0 Å². The third-order valence-electron chi connectivity index (χ3n) is 3.89. The van der Waals surface area contributed by atoms with Gasteiger partial charge in [-0.25, -0.2) is 0 Å². The van der Waals surface area contributed by atoms with Gasteiger partial charge in [0, 0.05) is 40.6 Å². The molecular formula is C13H25NO2S. The van der Waals surface area contributed by atoms with Crippen LogP contribution in [-0.2, 0) is 15.5 Å². The molecule has 0 aromatic heterocycles. The molecule has 1 saturated carbocycles. The van der Waals surface area contributed by atoms with Gasteiger partial charge in [-0.1, -0.05) is 6.92 Å². The Hall–Kier alpha value is 0.0700. The van der Waals surface area contributed by atoms with Crippen LogP contribution in [0.2, 0.25) is 0 Å². The maximum absolute atomic E-state index is 12.4. The van der Waals surface area contributed by atoms with Crippen LogP contribution in [0.1, 0.15) is 45.4 Å². The van der Waals surface area contributed by atoms with E-state index in [9.17, 15) is 4.21 Å². The molecule has 1 heterocycles. The van der Waals surface area contributed by atoms with E-state index in [0.717, 1.165) is 45.4 Å². The molecule has 1 aliphatic carbocycles. The minimum absolute atomic E-state index is 0.402. The molecular weight excluding hydrogens is 234 g/mol. The Kier molecular flexibility index (Phi) is 5.45. The molecule has 3 unspecified atom stereocenters. The van der Waals surface area contributed by atoms with Gasteiger partial charge >= 0.3 is 0 Å². The summed E-state index contributed by atoms with van der Waals surface area (Å²) in [6.45, 7) is 4.90. The van der Waals surface area contributed by atoms with Crippen LogP contribution in [0.5, 0.6) is 0 Å². The van der Waals surface area contributed by atoms with Crippen molar-refractivity contribution in [2.75, 3.05) is 19.8 Å². The summed E-state index contributed by atoms with van der Waals surface area (Å²) >= 11 is 0. The SMILES string of the molecule is CCCNC1CCC(S(=O)C2CCOCC2)C1. The first-order chi connectivity index (χ1) is 8.31. The second kappa shape index (κ2) is 6.86. The van der Waals surface area contributed by atoms with Crippen LogP contribution in [0.3, 0.4) is 0 Å². The van der Waals surface area contributed by atoms with Crippen molar-refractivity contribution in [2.45, 2.75) is 62.0 Å². The number of ether oxygens (including phenoxy) is 1. The van der Waals surface area contributed by atoms with Crippen molar-refractivity contribution in [1.82, 2.24) is 5.32 Å². The minimum Gasteiger partial charge on any atom is -0.381 e. The lowest BCUT2D eigenvalue weighted by Gasteiger charge is -2.24. The maximum atomic E-state index is 12.4. The van der Waals surface area contributed by atoms with Crippen LogP contribution in [0.4, 0.5) is 0 Å². The Labute approximate surface area is 107 Å². The second-order valence-electron chi connectivity index (χ2n) is 5.23. The van der Waals surface area contributed by atoms with Crippen molar-refractivity contribution in [3.05, 3.63) is 0 Å². The summed E-state index contributed by atoms with van der Waals surface area (Å²) in [4.78, 5) is 0. The Morgan fingerprint density at radius 2 is 1.94 bits per heavy atom. The quantitative estimate of drug-likeness (QED) is 0.818. The average Bonchev–Trinajstić information content (AvgIpc) is 2.85. The summed E-state index contributed by atoms with van der Waals surface area (Å²) in [6.07, 6.45) is 6.64. The van der Waals surface area contributed by atoms with Crippen LogP contribution >= 0.6 is 0 Å². The largest absolute Gasteiger partial charge is 0.381 e. The molecule has 17 heavy (non-hydrogen) atoms. The van der Waals surface area contributed by atoms with Crippen molar-refractivity contribution >= 4 is 10.8 Å². The predicted molar refractivity (Wildman–Crippen MR) is 71.7 cm³/mol. The van der Waals surface area contributed by atoms with Gasteiger partial charge in [0.1, 0.15) is 0 Å². The highest BCUT2D eigenvalue weighted by Crippen LogP contribution is 2.28. The van der Waals surface area contributed by atoms with Crippen LogP contribution in [0, 0.1) is 0 Å². The van der Waals surface area contributed by atoms with Crippen molar-refractivity contribution in [3.8, 4) is 0 Å². The fourth-order valence-electron chi connectivity index (χ4n) is 2.87. The summed E-state index contributed by atoms with van der Waals surface area (Å²) in [5.74, 6) is 0. The molecule has 3 atom stereocenters. The summed E-state index contributed by atoms with van der Waals surface area (Å²) < 4.78 is 17.8. The van der Waals surface area contributed by atoms with E-state index in [2.05, 4.69) is 12.2 Å². The zero-order valence-corrected chi connectivity index (χ0v) is 11.6. The summed E-state index contributed by atoms with van der Waals surface area (Å²) in [5.41, 5.74) is 0. The first kappa shape index (κ1) is 13.5. The van der Waals surface area contributed by atoms with Crippen molar-refractivity contribution in [2.24, 2.45) is 0 Å². The molecule has 0 spiro atoms. The lowest BCUT2D eigenvalue weighted by Crippen LogP contribution is -2.32. The highest BCUT2D eigenvalue weighted by atomic mass is 32.2. The third-order valence-corrected chi connectivity index (χ3v) is 6.11. The van der Waals surface area contributed by atoms with Gasteiger partial charge in [0.05, 0.1) is 0 Å². The fraction of sp³-hybridized carbons (Fsp3) is 1.00. The molecule has 0 radical (unpaired) electrons. The average molecular weight is 259 g/mol. The molecule has 2 aliphatic rings. The molecule has 2 rings (SSSR count). The molecule has 2 fully saturated rings. The number of hydrogen-bond donors (Lipinski definition) is 1. The Balaban J connectivity index is 1.76. The van der Waals surface area contributed by atoms with Gasteiger partial charge in [0.15, 0.2) is 0 Å². The van der Waals surface area contributed by atoms with Crippen LogP contribution < -0.4 is 5.32 Å². The Morgan fingerprint density at radius 3 is 2.65 bits per heavy atom. The second-order valence-corrected chi connectivity index (χ2v) is 7.22. The van der Waals surface area contributed by atoms with E-state index in [1.807, 2.05) is 0 Å². The third kappa shape index (κ3) is 3.76. The molecule has 3 nitrogen and oxygen atoms in total. The predicted octanol–water partition coefficient (Wildman–Crippen LogP) is 1.83. The zero-order chi connectivity index (χ0) is 12.1. The lowest BCUT2D eigenvalue weighted by atomic mass is 10.2. The smallest absolute Gasteiger partial charge is 0.0477 e. The lowest BCUT2D eigenvalue weighted by molar-refractivity contribution is 0.0991. The van der Waals surface area contributed by atoms with Gasteiger partial charge in [0.25, 0.3) is 0 Å². The van der Waals surface area contributed by atoms with E-state index in [0.29, 0.717) is 16.5 Å². The monoisotopic (exact) mass is 259 g/mol. The van der Waals surface area contributed by atoms with Crippen LogP contribution in [0.25, 0.3) is 0 Å². The molecule has 0 amide bonds. The van der Waals surface area contributed by atoms with Gasteiger partial charge < -0.3 is 10.1 Å². The highest BCUT2D eigenvalue weighted by Gasteiger charge is 2.32. The molecule has 4 heteroatoms. The molecule has 1 saturated heterocycles. The van der Waals surface area contributed by atoms with E-state index in [-0.39, 0.29) is 0 Å². The van der Waals surface area contributed by atoms with Crippen LogP contribution in [0.15, 0.2) is 0 Å². The van der Waals surface area contributed by atoms with Crippen molar-refractivity contribution in [1.29, 1.82) is 0 Å². The number of nitrogens with one attached hydrogen (secondary N) is 1. The highest BCUT2D eigenvalue weighted by molar-refractivity contribution is 7.86. The van der Waals surface area contributed by atoms with Crippen molar-refractivity contribution in [3.63, 3.8) is 0 Å². The Morgan fingerprint density at radius 1 is 1.18 bits per heavy atom. The Bertz CT molecular complexity index is 254. The maximum Gasteiger partial charge on any atom is 0.0477 e. The first-order valence-electron chi connectivity index (χ1n) is 7.01. The fourth-order valence-corrected chi connectivity index (χ4v) is 4.86. The topological polar surface area (TPSA) is 38.3 Å². The molecule has 100 valence electrons. The molecule has 0 bridgehead atoms. The zero-order valence-electron chi connectivity index (χ0n) is 10.8. The van der Waals surface area contributed by atoms with Gasteiger partial charge in [0.2, 0.25) is 0 Å². The van der Waals surface area contributed by atoms with Crippen LogP contribution in [-0.4, -0.2) is 40.5 Å². The van der Waals surface area contributed by atoms with E-state index >= 15 is 0 Å². The number of hydrogen-bond acceptors (Lipinski definition) is 3. The van der Waals surface area contributed by atoms with E-state index < -0.39 is 10.8 Å². The van der Waals surface area contributed by atoms with Gasteiger partial charge in [-0.2, -0.15) is 0 Å². The van der Waals surface area contributed by atoms with Crippen molar-refractivity contribution < 1.29 is 8.95 Å².